The van der Waals surface area contributed by atoms with Gasteiger partial charge in [-0.25, -0.2) is 0 Å². The Balaban J connectivity index is 1.58. The highest BCUT2D eigenvalue weighted by Crippen LogP contribution is 2.35. The average molecular weight is 361 g/mol. The van der Waals surface area contributed by atoms with Gasteiger partial charge in [-0.05, 0) is 30.2 Å². The highest BCUT2D eigenvalue weighted by Gasteiger charge is 2.13. The van der Waals surface area contributed by atoms with Gasteiger partial charge in [-0.1, -0.05) is 60.3 Å². The fourth-order valence-corrected chi connectivity index (χ4v) is 3.70. The molecular weight excluding hydrogens is 342 g/mol. The minimum atomic E-state index is 0.273. The first-order valence-electron chi connectivity index (χ1n) is 8.42. The Morgan fingerprint density at radius 3 is 2.58 bits per heavy atom. The van der Waals surface area contributed by atoms with Crippen LogP contribution in [0.4, 0.5) is 0 Å². The van der Waals surface area contributed by atoms with E-state index in [1.54, 1.807) is 18.1 Å². The maximum absolute atomic E-state index is 4.46. The molecule has 1 N–H and O–H groups in total. The van der Waals surface area contributed by atoms with Crippen molar-refractivity contribution in [3.05, 3.63) is 72.6 Å². The number of H-pyrrole nitrogens is 1. The second kappa shape index (κ2) is 7.17. The lowest BCUT2D eigenvalue weighted by atomic mass is 10.1. The zero-order valence-corrected chi connectivity index (χ0v) is 15.4. The van der Waals surface area contributed by atoms with Crippen molar-refractivity contribution in [2.45, 2.75) is 17.3 Å². The molecule has 0 aliphatic carbocycles. The first-order valence-corrected chi connectivity index (χ1v) is 9.30. The van der Waals surface area contributed by atoms with Crippen LogP contribution in [0.3, 0.4) is 0 Å². The molecule has 130 valence electrons. The van der Waals surface area contributed by atoms with E-state index in [0.717, 1.165) is 27.7 Å². The van der Waals surface area contributed by atoms with Gasteiger partial charge in [-0.15, -0.1) is 10.2 Å². The Morgan fingerprint density at radius 1 is 1.00 bits per heavy atom. The number of aromatic nitrogens is 5. The predicted octanol–water partition coefficient (Wildman–Crippen LogP) is 4.73. The largest absolute Gasteiger partial charge is 0.312 e. The summed E-state index contributed by atoms with van der Waals surface area (Å²) in [7, 11) is 1.96. The van der Waals surface area contributed by atoms with Crippen molar-refractivity contribution in [1.29, 1.82) is 0 Å². The van der Waals surface area contributed by atoms with Crippen LogP contribution >= 0.6 is 11.8 Å². The normalized spacial score (nSPS) is 12.2. The zero-order valence-electron chi connectivity index (χ0n) is 14.6. The Kier molecular flexibility index (Phi) is 4.58. The van der Waals surface area contributed by atoms with Crippen molar-refractivity contribution in [3.8, 4) is 22.5 Å². The highest BCUT2D eigenvalue weighted by molar-refractivity contribution is 7.99. The summed E-state index contributed by atoms with van der Waals surface area (Å²) in [6.07, 6.45) is 1.72. The maximum atomic E-state index is 4.46. The van der Waals surface area contributed by atoms with Crippen molar-refractivity contribution in [1.82, 2.24) is 25.0 Å². The number of thioether (sulfide) groups is 1. The monoisotopic (exact) mass is 361 g/mol. The second-order valence-corrected chi connectivity index (χ2v) is 7.45. The van der Waals surface area contributed by atoms with Crippen LogP contribution < -0.4 is 0 Å². The topological polar surface area (TPSA) is 59.4 Å². The Morgan fingerprint density at radius 2 is 1.81 bits per heavy atom. The van der Waals surface area contributed by atoms with Crippen molar-refractivity contribution >= 4 is 11.8 Å². The van der Waals surface area contributed by atoms with Crippen molar-refractivity contribution in [3.63, 3.8) is 0 Å². The van der Waals surface area contributed by atoms with Gasteiger partial charge in [0.2, 0.25) is 0 Å². The molecule has 4 aromatic rings. The molecule has 0 radical (unpaired) electrons. The molecule has 26 heavy (non-hydrogen) atoms. The van der Waals surface area contributed by atoms with E-state index in [1.807, 2.05) is 29.8 Å². The van der Waals surface area contributed by atoms with Gasteiger partial charge in [0.05, 0.1) is 11.4 Å². The van der Waals surface area contributed by atoms with Crippen molar-refractivity contribution in [2.24, 2.45) is 7.05 Å². The molecular formula is C20H19N5S. The van der Waals surface area contributed by atoms with E-state index in [4.69, 9.17) is 0 Å². The minimum Gasteiger partial charge on any atom is -0.312 e. The van der Waals surface area contributed by atoms with Gasteiger partial charge in [-0.3, -0.25) is 5.10 Å². The zero-order chi connectivity index (χ0) is 17.9. The molecule has 6 heteroatoms. The van der Waals surface area contributed by atoms with Crippen LogP contribution in [0.5, 0.6) is 0 Å². The fraction of sp³-hybridized carbons (Fsp3) is 0.150. The first-order chi connectivity index (χ1) is 12.7. The van der Waals surface area contributed by atoms with Crippen LogP contribution in [0.25, 0.3) is 22.5 Å². The summed E-state index contributed by atoms with van der Waals surface area (Å²) >= 11 is 1.70. The summed E-state index contributed by atoms with van der Waals surface area (Å²) < 4.78 is 1.94. The fourth-order valence-electron chi connectivity index (χ4n) is 2.79. The molecule has 5 nitrogen and oxygen atoms in total. The third-order valence-electron chi connectivity index (χ3n) is 4.27. The van der Waals surface area contributed by atoms with Gasteiger partial charge in [0.25, 0.3) is 0 Å². The molecule has 2 heterocycles. The number of aromatic amines is 1. The first kappa shape index (κ1) is 16.6. The molecule has 0 saturated heterocycles. The minimum absolute atomic E-state index is 0.273. The van der Waals surface area contributed by atoms with Crippen LogP contribution in [0.1, 0.15) is 17.7 Å². The van der Waals surface area contributed by atoms with Crippen LogP contribution in [-0.4, -0.2) is 25.0 Å². The Hall–Kier alpha value is -2.86. The second-order valence-electron chi connectivity index (χ2n) is 6.14. The summed E-state index contributed by atoms with van der Waals surface area (Å²) in [5, 5.41) is 16.9. The average Bonchev–Trinajstić information content (AvgIpc) is 3.32. The molecule has 2 aromatic carbocycles. The maximum Gasteiger partial charge on any atom is 0.191 e. The predicted molar refractivity (Wildman–Crippen MR) is 105 cm³/mol. The van der Waals surface area contributed by atoms with Crippen LogP contribution in [0.2, 0.25) is 0 Å². The number of nitrogens with one attached hydrogen (secondary N) is 1. The molecule has 4 rings (SSSR count). The number of hydrogen-bond acceptors (Lipinski definition) is 4. The third-order valence-corrected chi connectivity index (χ3v) is 5.47. The Labute approximate surface area is 156 Å². The van der Waals surface area contributed by atoms with E-state index in [-0.39, 0.29) is 5.25 Å². The number of benzene rings is 2. The number of nitrogens with zero attached hydrogens (tertiary/aromatic N) is 4. The number of rotatable bonds is 5. The van der Waals surface area contributed by atoms with E-state index in [1.165, 1.54) is 5.56 Å². The smallest absolute Gasteiger partial charge is 0.191 e. The molecule has 0 saturated carbocycles. The summed E-state index contributed by atoms with van der Waals surface area (Å²) in [4.78, 5) is 0. The molecule has 0 aliphatic rings. The summed E-state index contributed by atoms with van der Waals surface area (Å²) in [5.41, 5.74) is 5.44. The number of aryl methyl sites for hydroxylation is 1. The van der Waals surface area contributed by atoms with Crippen molar-refractivity contribution < 1.29 is 0 Å². The molecule has 0 spiro atoms. The van der Waals surface area contributed by atoms with Crippen molar-refractivity contribution in [2.75, 3.05) is 0 Å². The van der Waals surface area contributed by atoms with Gasteiger partial charge >= 0.3 is 0 Å². The lowest BCUT2D eigenvalue weighted by Crippen LogP contribution is -1.94. The van der Waals surface area contributed by atoms with Gasteiger partial charge in [0.1, 0.15) is 6.33 Å². The van der Waals surface area contributed by atoms with Gasteiger partial charge < -0.3 is 4.57 Å². The van der Waals surface area contributed by atoms with E-state index < -0.39 is 0 Å². The van der Waals surface area contributed by atoms with Crippen LogP contribution in [-0.2, 0) is 7.05 Å². The lowest BCUT2D eigenvalue weighted by molar-refractivity contribution is 0.785. The summed E-state index contributed by atoms with van der Waals surface area (Å²) in [6, 6.07) is 20.8. The number of hydrogen-bond donors (Lipinski definition) is 1. The molecule has 0 fully saturated rings. The highest BCUT2D eigenvalue weighted by atomic mass is 32.2. The lowest BCUT2D eigenvalue weighted by Gasteiger charge is -2.11. The molecule has 0 aliphatic heterocycles. The SMILES string of the molecule is CC(Sc1nncn1C)c1cccc(-c2cc(-c3ccccc3)n[nH]2)c1. The summed E-state index contributed by atoms with van der Waals surface area (Å²) in [5.74, 6) is 0. The quantitative estimate of drug-likeness (QED) is 0.522. The third kappa shape index (κ3) is 3.41. The molecule has 0 amide bonds. The van der Waals surface area contributed by atoms with Gasteiger partial charge in [0, 0.05) is 17.9 Å². The van der Waals surface area contributed by atoms with E-state index >= 15 is 0 Å². The summed E-state index contributed by atoms with van der Waals surface area (Å²) in [6.45, 7) is 2.18. The van der Waals surface area contributed by atoms with E-state index in [2.05, 4.69) is 69.8 Å². The Bertz CT molecular complexity index is 1010. The van der Waals surface area contributed by atoms with Gasteiger partial charge in [-0.2, -0.15) is 5.10 Å². The van der Waals surface area contributed by atoms with E-state index in [0.29, 0.717) is 0 Å². The van der Waals surface area contributed by atoms with Gasteiger partial charge in [0.15, 0.2) is 5.16 Å². The molecule has 1 atom stereocenters. The molecule has 1 unspecified atom stereocenters. The standard InChI is InChI=1S/C20H19N5S/c1-14(26-20-24-21-13-25(20)2)16-9-6-10-17(11-16)19-12-18(22-23-19)15-7-4-3-5-8-15/h3-14H,1-2H3,(H,22,23). The van der Waals surface area contributed by atoms with E-state index in [9.17, 15) is 0 Å². The van der Waals surface area contributed by atoms with Crippen LogP contribution in [0.15, 0.2) is 72.1 Å². The molecule has 2 aromatic heterocycles. The van der Waals surface area contributed by atoms with Crippen LogP contribution in [0, 0.1) is 0 Å². The molecule has 0 bridgehead atoms.